The highest BCUT2D eigenvalue weighted by Crippen LogP contribution is 2.34. The lowest BCUT2D eigenvalue weighted by atomic mass is 9.85. The van der Waals surface area contributed by atoms with Crippen molar-refractivity contribution in [3.05, 3.63) is 35.9 Å². The van der Waals surface area contributed by atoms with Crippen LogP contribution in [0.2, 0.25) is 0 Å². The highest BCUT2D eigenvalue weighted by atomic mass is 16.6. The third-order valence-corrected chi connectivity index (χ3v) is 3.88. The first kappa shape index (κ1) is 16.0. The summed E-state index contributed by atoms with van der Waals surface area (Å²) in [6.07, 6.45) is 3.64. The van der Waals surface area contributed by atoms with E-state index in [0.29, 0.717) is 6.61 Å². The Morgan fingerprint density at radius 3 is 2.62 bits per heavy atom. The van der Waals surface area contributed by atoms with Gasteiger partial charge in [0.1, 0.15) is 12.2 Å². The van der Waals surface area contributed by atoms with Crippen LogP contribution in [0.25, 0.3) is 0 Å². The van der Waals surface area contributed by atoms with E-state index in [-0.39, 0.29) is 12.6 Å². The average molecular weight is 291 g/mol. The molecule has 0 spiro atoms. The average Bonchev–Trinajstić information content (AvgIpc) is 2.53. The fourth-order valence-corrected chi connectivity index (χ4v) is 2.67. The van der Waals surface area contributed by atoms with E-state index < -0.39 is 5.60 Å². The molecule has 0 aromatic heterocycles. The quantitative estimate of drug-likeness (QED) is 0.620. The molecule has 0 amide bonds. The zero-order chi connectivity index (χ0) is 15.0. The number of esters is 1. The van der Waals surface area contributed by atoms with Crippen LogP contribution < -0.4 is 5.32 Å². The first-order valence-electron chi connectivity index (χ1n) is 7.83. The fourth-order valence-electron chi connectivity index (χ4n) is 2.67. The van der Waals surface area contributed by atoms with Gasteiger partial charge in [0.05, 0.1) is 0 Å². The number of rotatable bonds is 7. The summed E-state index contributed by atoms with van der Waals surface area (Å²) in [6.45, 7) is 4.48. The summed E-state index contributed by atoms with van der Waals surface area (Å²) in [6, 6.07) is 10.0. The van der Waals surface area contributed by atoms with Gasteiger partial charge in [-0.3, -0.25) is 0 Å². The second kappa shape index (κ2) is 8.15. The summed E-state index contributed by atoms with van der Waals surface area (Å²) in [5.74, 6) is -0.267. The number of nitrogens with one attached hydrogen (secondary N) is 1. The van der Waals surface area contributed by atoms with Crippen molar-refractivity contribution >= 4 is 5.97 Å². The molecule has 1 aliphatic heterocycles. The number of carbonyl (C=O) groups excluding carboxylic acids is 1. The third-order valence-electron chi connectivity index (χ3n) is 3.88. The Hall–Kier alpha value is -1.39. The lowest BCUT2D eigenvalue weighted by molar-refractivity contribution is -0.169. The van der Waals surface area contributed by atoms with Gasteiger partial charge < -0.3 is 14.8 Å². The van der Waals surface area contributed by atoms with Crippen LogP contribution in [0, 0.1) is 0 Å². The lowest BCUT2D eigenvalue weighted by Crippen LogP contribution is -2.43. The van der Waals surface area contributed by atoms with Gasteiger partial charge >= 0.3 is 5.97 Å². The highest BCUT2D eigenvalue weighted by Gasteiger charge is 2.37. The number of unbranched alkanes of at least 4 members (excludes halogenated alkanes) is 1. The Morgan fingerprint density at radius 2 is 1.95 bits per heavy atom. The van der Waals surface area contributed by atoms with E-state index >= 15 is 0 Å². The molecule has 1 aromatic rings. The molecule has 1 N–H and O–H groups in total. The van der Waals surface area contributed by atoms with Crippen LogP contribution in [-0.4, -0.2) is 32.3 Å². The van der Waals surface area contributed by atoms with Gasteiger partial charge in [-0.15, -0.1) is 0 Å². The molecule has 0 radical (unpaired) electrons. The number of ether oxygens (including phenoxy) is 2. The molecule has 1 heterocycles. The molecule has 1 aromatic carbocycles. The number of piperidine rings is 1. The van der Waals surface area contributed by atoms with E-state index in [1.165, 1.54) is 0 Å². The molecule has 4 nitrogen and oxygen atoms in total. The monoisotopic (exact) mass is 291 g/mol. The van der Waals surface area contributed by atoms with Crippen molar-refractivity contribution in [1.29, 1.82) is 0 Å². The molecule has 1 saturated heterocycles. The SMILES string of the molecule is CCCCOCC(=O)OC1(c2ccccc2)CCNCC1. The summed E-state index contributed by atoms with van der Waals surface area (Å²) in [7, 11) is 0. The van der Waals surface area contributed by atoms with Gasteiger partial charge in [-0.1, -0.05) is 43.7 Å². The standard InChI is InChI=1S/C17H25NO3/c1-2-3-13-20-14-16(19)21-17(9-11-18-12-10-17)15-7-5-4-6-8-15/h4-8,18H,2-3,9-14H2,1H3. The molecule has 0 aliphatic carbocycles. The molecule has 4 heteroatoms. The first-order valence-corrected chi connectivity index (χ1v) is 7.83. The minimum absolute atomic E-state index is 0.0437. The minimum Gasteiger partial charge on any atom is -0.452 e. The number of hydrogen-bond donors (Lipinski definition) is 1. The van der Waals surface area contributed by atoms with E-state index in [4.69, 9.17) is 9.47 Å². The molecular weight excluding hydrogens is 266 g/mol. The van der Waals surface area contributed by atoms with Gasteiger partial charge in [-0.05, 0) is 25.1 Å². The summed E-state index contributed by atoms with van der Waals surface area (Å²) in [5, 5.41) is 3.32. The Labute approximate surface area is 126 Å². The predicted molar refractivity (Wildman–Crippen MR) is 82.0 cm³/mol. The maximum atomic E-state index is 12.1. The van der Waals surface area contributed by atoms with E-state index in [9.17, 15) is 4.79 Å². The van der Waals surface area contributed by atoms with Crippen LogP contribution in [0.15, 0.2) is 30.3 Å². The van der Waals surface area contributed by atoms with Crippen molar-refractivity contribution in [3.8, 4) is 0 Å². The van der Waals surface area contributed by atoms with Crippen molar-refractivity contribution in [2.75, 3.05) is 26.3 Å². The van der Waals surface area contributed by atoms with Gasteiger partial charge in [0.2, 0.25) is 0 Å². The van der Waals surface area contributed by atoms with E-state index in [1.54, 1.807) is 0 Å². The third kappa shape index (κ3) is 4.55. The summed E-state index contributed by atoms with van der Waals surface area (Å²) >= 11 is 0. The fraction of sp³-hybridized carbons (Fsp3) is 0.588. The summed E-state index contributed by atoms with van der Waals surface area (Å²) < 4.78 is 11.2. The Balaban J connectivity index is 1.98. The van der Waals surface area contributed by atoms with Crippen molar-refractivity contribution in [1.82, 2.24) is 5.32 Å². The molecule has 0 atom stereocenters. The second-order valence-electron chi connectivity index (χ2n) is 5.49. The van der Waals surface area contributed by atoms with Crippen LogP contribution in [0.3, 0.4) is 0 Å². The highest BCUT2D eigenvalue weighted by molar-refractivity contribution is 5.71. The molecular formula is C17H25NO3. The van der Waals surface area contributed by atoms with Gasteiger partial charge in [0, 0.05) is 19.4 Å². The van der Waals surface area contributed by atoms with Gasteiger partial charge in [0.25, 0.3) is 0 Å². The van der Waals surface area contributed by atoms with E-state index in [2.05, 4.69) is 12.2 Å². The minimum atomic E-state index is -0.502. The van der Waals surface area contributed by atoms with Gasteiger partial charge in [0.15, 0.2) is 0 Å². The van der Waals surface area contributed by atoms with Gasteiger partial charge in [-0.25, -0.2) is 4.79 Å². The van der Waals surface area contributed by atoms with Crippen LogP contribution in [0.1, 0.15) is 38.2 Å². The number of carbonyl (C=O) groups is 1. The zero-order valence-corrected chi connectivity index (χ0v) is 12.8. The maximum Gasteiger partial charge on any atom is 0.332 e. The predicted octanol–water partition coefficient (Wildman–Crippen LogP) is 2.63. The van der Waals surface area contributed by atoms with Crippen LogP contribution in [-0.2, 0) is 19.9 Å². The van der Waals surface area contributed by atoms with Crippen molar-refractivity contribution < 1.29 is 14.3 Å². The topological polar surface area (TPSA) is 47.6 Å². The first-order chi connectivity index (χ1) is 10.3. The molecule has 0 saturated carbocycles. The van der Waals surface area contributed by atoms with Crippen molar-refractivity contribution in [3.63, 3.8) is 0 Å². The lowest BCUT2D eigenvalue weighted by Gasteiger charge is -2.37. The normalized spacial score (nSPS) is 17.4. The van der Waals surface area contributed by atoms with Gasteiger partial charge in [-0.2, -0.15) is 0 Å². The smallest absolute Gasteiger partial charge is 0.332 e. The molecule has 1 fully saturated rings. The number of hydrogen-bond acceptors (Lipinski definition) is 4. The zero-order valence-electron chi connectivity index (χ0n) is 12.8. The largest absolute Gasteiger partial charge is 0.452 e. The van der Waals surface area contributed by atoms with Crippen molar-refractivity contribution in [2.45, 2.75) is 38.2 Å². The van der Waals surface area contributed by atoms with Crippen molar-refractivity contribution in [2.24, 2.45) is 0 Å². The van der Waals surface area contributed by atoms with Crippen LogP contribution in [0.5, 0.6) is 0 Å². The van der Waals surface area contributed by atoms with E-state index in [0.717, 1.165) is 44.3 Å². The Morgan fingerprint density at radius 1 is 1.24 bits per heavy atom. The maximum absolute atomic E-state index is 12.1. The molecule has 0 bridgehead atoms. The van der Waals surface area contributed by atoms with E-state index in [1.807, 2.05) is 30.3 Å². The molecule has 21 heavy (non-hydrogen) atoms. The molecule has 0 unspecified atom stereocenters. The Kier molecular flexibility index (Phi) is 6.21. The summed E-state index contributed by atoms with van der Waals surface area (Å²) in [4.78, 5) is 12.1. The Bertz CT molecular complexity index is 427. The van der Waals surface area contributed by atoms with Crippen LogP contribution >= 0.6 is 0 Å². The number of benzene rings is 1. The summed E-state index contributed by atoms with van der Waals surface area (Å²) in [5.41, 5.74) is 0.575. The van der Waals surface area contributed by atoms with Crippen LogP contribution in [0.4, 0.5) is 0 Å². The molecule has 116 valence electrons. The molecule has 2 rings (SSSR count). The second-order valence-corrected chi connectivity index (χ2v) is 5.49. The molecule has 1 aliphatic rings.